The van der Waals surface area contributed by atoms with Gasteiger partial charge in [0.25, 0.3) is 0 Å². The second-order valence-corrected chi connectivity index (χ2v) is 6.79. The van der Waals surface area contributed by atoms with Crippen LogP contribution in [0.3, 0.4) is 0 Å². The highest BCUT2D eigenvalue weighted by atomic mass is 31.2. The standard InChI is InChI=1S/C12H18N5O7P/c1-2-5(24-25(20,21)22)9-7(18)8(19)12(23-9)17-4-16-6-10(13)14-3-15-11(6)17/h3-5,7-9,12,18-19H,2H2,1H3,(H2,13,14,15)(H2,20,21,22)/t5-,7-,8+,9+,12?/m0/s1. The molecular weight excluding hydrogens is 357 g/mol. The average Bonchev–Trinajstić information content (AvgIpc) is 3.08. The topological polar surface area (TPSA) is 186 Å². The first kappa shape index (κ1) is 18.1. The van der Waals surface area contributed by atoms with Crippen LogP contribution in [0.4, 0.5) is 5.82 Å². The Hall–Kier alpha value is -1.66. The number of nitrogens with two attached hydrogens (primary N) is 1. The molecule has 2 aromatic heterocycles. The molecular formula is C12H18N5O7P. The first-order valence-electron chi connectivity index (χ1n) is 7.41. The van der Waals surface area contributed by atoms with Gasteiger partial charge in [-0.1, -0.05) is 6.92 Å². The summed E-state index contributed by atoms with van der Waals surface area (Å²) < 4.78 is 22.8. The third-order valence-corrected chi connectivity index (χ3v) is 4.52. The van der Waals surface area contributed by atoms with Crippen molar-refractivity contribution in [3.8, 4) is 0 Å². The number of rotatable bonds is 5. The number of nitrogens with zero attached hydrogens (tertiary/aromatic N) is 4. The quantitative estimate of drug-likeness (QED) is 0.400. The molecule has 1 saturated heterocycles. The molecule has 0 saturated carbocycles. The van der Waals surface area contributed by atoms with E-state index in [0.29, 0.717) is 5.52 Å². The van der Waals surface area contributed by atoms with Crippen LogP contribution >= 0.6 is 7.82 Å². The minimum atomic E-state index is -4.79. The maximum atomic E-state index is 11.1. The van der Waals surface area contributed by atoms with E-state index >= 15 is 0 Å². The molecule has 1 aliphatic rings. The summed E-state index contributed by atoms with van der Waals surface area (Å²) in [4.78, 5) is 29.9. The van der Waals surface area contributed by atoms with Crippen molar-refractivity contribution in [3.63, 3.8) is 0 Å². The number of phosphoric acid groups is 1. The molecule has 13 heteroatoms. The highest BCUT2D eigenvalue weighted by molar-refractivity contribution is 7.46. The van der Waals surface area contributed by atoms with Crippen molar-refractivity contribution in [2.75, 3.05) is 5.73 Å². The second-order valence-electron chi connectivity index (χ2n) is 5.60. The maximum Gasteiger partial charge on any atom is 0.469 e. The first-order valence-corrected chi connectivity index (χ1v) is 8.94. The molecule has 0 aromatic carbocycles. The van der Waals surface area contributed by atoms with Crippen molar-refractivity contribution in [1.29, 1.82) is 0 Å². The van der Waals surface area contributed by atoms with Gasteiger partial charge in [-0.2, -0.15) is 0 Å². The zero-order chi connectivity index (χ0) is 18.4. The number of hydrogen-bond donors (Lipinski definition) is 5. The number of anilines is 1. The fraction of sp³-hybridized carbons (Fsp3) is 0.583. The minimum Gasteiger partial charge on any atom is -0.387 e. The van der Waals surface area contributed by atoms with E-state index in [2.05, 4.69) is 19.5 Å². The largest absolute Gasteiger partial charge is 0.469 e. The van der Waals surface area contributed by atoms with Gasteiger partial charge >= 0.3 is 7.82 Å². The molecule has 138 valence electrons. The van der Waals surface area contributed by atoms with E-state index in [1.165, 1.54) is 17.2 Å². The lowest BCUT2D eigenvalue weighted by molar-refractivity contribution is -0.0816. The van der Waals surface area contributed by atoms with Crippen LogP contribution in [0, 0.1) is 0 Å². The van der Waals surface area contributed by atoms with Gasteiger partial charge in [0.1, 0.15) is 30.2 Å². The SMILES string of the molecule is CC[C@H](OP(=O)(O)O)[C@H]1OC(n2cnc3c(N)ncnc32)[C@H](O)[C@@H]1O. The summed E-state index contributed by atoms with van der Waals surface area (Å²) in [6, 6.07) is 0. The van der Waals surface area contributed by atoms with Crippen LogP contribution in [0.2, 0.25) is 0 Å². The highest BCUT2D eigenvalue weighted by Gasteiger charge is 2.48. The number of phosphoric ester groups is 1. The van der Waals surface area contributed by atoms with Gasteiger partial charge in [0.2, 0.25) is 0 Å². The molecule has 1 unspecified atom stereocenters. The molecule has 0 amide bonds. The summed E-state index contributed by atoms with van der Waals surface area (Å²) in [5.41, 5.74) is 6.30. The number of ether oxygens (including phenoxy) is 1. The molecule has 2 aromatic rings. The van der Waals surface area contributed by atoms with E-state index in [4.69, 9.17) is 20.3 Å². The van der Waals surface area contributed by atoms with Gasteiger partial charge in [0.05, 0.1) is 12.4 Å². The Bertz CT molecular complexity index is 810. The maximum absolute atomic E-state index is 11.1. The second kappa shape index (κ2) is 6.57. The molecule has 0 aliphatic carbocycles. The Morgan fingerprint density at radius 1 is 1.36 bits per heavy atom. The smallest absolute Gasteiger partial charge is 0.387 e. The van der Waals surface area contributed by atoms with Crippen molar-refractivity contribution in [2.45, 2.75) is 44.0 Å². The van der Waals surface area contributed by atoms with Crippen LogP contribution in [0.15, 0.2) is 12.7 Å². The summed E-state index contributed by atoms with van der Waals surface area (Å²) in [5.74, 6) is 0.143. The van der Waals surface area contributed by atoms with Crippen molar-refractivity contribution in [2.24, 2.45) is 0 Å². The minimum absolute atomic E-state index is 0.143. The van der Waals surface area contributed by atoms with E-state index in [-0.39, 0.29) is 17.9 Å². The predicted octanol–water partition coefficient (Wildman–Crippen LogP) is -1.08. The number of aromatic nitrogens is 4. The highest BCUT2D eigenvalue weighted by Crippen LogP contribution is 2.42. The summed E-state index contributed by atoms with van der Waals surface area (Å²) >= 11 is 0. The molecule has 6 N–H and O–H groups in total. The van der Waals surface area contributed by atoms with Crippen LogP contribution in [0.5, 0.6) is 0 Å². The molecule has 25 heavy (non-hydrogen) atoms. The van der Waals surface area contributed by atoms with Crippen LogP contribution in [0.25, 0.3) is 11.2 Å². The Morgan fingerprint density at radius 3 is 2.72 bits per heavy atom. The van der Waals surface area contributed by atoms with E-state index in [9.17, 15) is 14.8 Å². The van der Waals surface area contributed by atoms with E-state index in [1.54, 1.807) is 6.92 Å². The summed E-state index contributed by atoms with van der Waals surface area (Å²) in [6.07, 6.45) is -3.51. The van der Waals surface area contributed by atoms with Crippen LogP contribution < -0.4 is 5.73 Å². The molecule has 0 bridgehead atoms. The van der Waals surface area contributed by atoms with Gasteiger partial charge in [0.15, 0.2) is 17.7 Å². The van der Waals surface area contributed by atoms with Gasteiger partial charge < -0.3 is 30.5 Å². The van der Waals surface area contributed by atoms with Gasteiger partial charge in [-0.15, -0.1) is 0 Å². The molecule has 0 radical (unpaired) electrons. The van der Waals surface area contributed by atoms with Crippen molar-refractivity contribution in [3.05, 3.63) is 12.7 Å². The zero-order valence-corrected chi connectivity index (χ0v) is 14.0. The van der Waals surface area contributed by atoms with Crippen molar-refractivity contribution < 1.29 is 33.8 Å². The lowest BCUT2D eigenvalue weighted by Gasteiger charge is -2.24. The molecule has 12 nitrogen and oxygen atoms in total. The normalized spacial score (nSPS) is 28.5. The summed E-state index contributed by atoms with van der Waals surface area (Å²) in [7, 11) is -4.79. The third kappa shape index (κ3) is 3.37. The number of nitrogen functional groups attached to an aromatic ring is 1. The fourth-order valence-electron chi connectivity index (χ4n) is 2.82. The molecule has 0 spiro atoms. The number of hydrogen-bond acceptors (Lipinski definition) is 9. The third-order valence-electron chi connectivity index (χ3n) is 3.98. The predicted molar refractivity (Wildman–Crippen MR) is 82.9 cm³/mol. The lowest BCUT2D eigenvalue weighted by Crippen LogP contribution is -2.39. The van der Waals surface area contributed by atoms with E-state index in [0.717, 1.165) is 0 Å². The van der Waals surface area contributed by atoms with Gasteiger partial charge in [-0.3, -0.25) is 9.09 Å². The summed E-state index contributed by atoms with van der Waals surface area (Å²) in [6.45, 7) is 1.61. The zero-order valence-electron chi connectivity index (χ0n) is 13.1. The Kier molecular flexibility index (Phi) is 4.77. The monoisotopic (exact) mass is 375 g/mol. The van der Waals surface area contributed by atoms with Crippen molar-refractivity contribution >= 4 is 24.8 Å². The van der Waals surface area contributed by atoms with Gasteiger partial charge in [-0.05, 0) is 6.42 Å². The number of fused-ring (bicyclic) bond motifs is 1. The van der Waals surface area contributed by atoms with Crippen molar-refractivity contribution in [1.82, 2.24) is 19.5 Å². The van der Waals surface area contributed by atoms with Gasteiger partial charge in [-0.25, -0.2) is 19.5 Å². The number of aliphatic hydroxyl groups is 2. The van der Waals surface area contributed by atoms with E-state index in [1.807, 2.05) is 0 Å². The summed E-state index contributed by atoms with van der Waals surface area (Å²) in [5, 5.41) is 20.6. The lowest BCUT2D eigenvalue weighted by atomic mass is 10.0. The van der Waals surface area contributed by atoms with Crippen LogP contribution in [0.1, 0.15) is 19.6 Å². The average molecular weight is 375 g/mol. The van der Waals surface area contributed by atoms with Crippen LogP contribution in [-0.2, 0) is 13.8 Å². The number of imidazole rings is 1. The van der Waals surface area contributed by atoms with Gasteiger partial charge in [0, 0.05) is 0 Å². The van der Waals surface area contributed by atoms with E-state index < -0.39 is 38.5 Å². The first-order chi connectivity index (χ1) is 11.7. The molecule has 3 heterocycles. The number of aliphatic hydroxyl groups excluding tert-OH is 2. The molecule has 5 atom stereocenters. The fourth-order valence-corrected chi connectivity index (χ4v) is 3.44. The molecule has 1 aliphatic heterocycles. The molecule has 1 fully saturated rings. The molecule has 3 rings (SSSR count). The Labute approximate surface area is 141 Å². The van der Waals surface area contributed by atoms with Crippen LogP contribution in [-0.4, -0.2) is 63.9 Å². The Morgan fingerprint density at radius 2 is 2.08 bits per heavy atom. The Balaban J connectivity index is 1.91.